The van der Waals surface area contributed by atoms with Crippen molar-refractivity contribution in [3.05, 3.63) is 42.1 Å². The maximum Gasteiger partial charge on any atom is 0.0734 e. The van der Waals surface area contributed by atoms with E-state index in [4.69, 9.17) is 5.11 Å². The first-order chi connectivity index (χ1) is 9.42. The van der Waals surface area contributed by atoms with Gasteiger partial charge in [0.05, 0.1) is 5.52 Å². The summed E-state index contributed by atoms with van der Waals surface area (Å²) in [7, 11) is 0. The molecular weight excluding hydrogens is 236 g/mol. The van der Waals surface area contributed by atoms with Crippen molar-refractivity contribution in [3.8, 4) is 0 Å². The maximum absolute atomic E-state index is 8.69. The van der Waals surface area contributed by atoms with Crippen LogP contribution in [0, 0.1) is 0 Å². The molecule has 3 nitrogen and oxygen atoms in total. The lowest BCUT2D eigenvalue weighted by Gasteiger charge is -2.07. The van der Waals surface area contributed by atoms with Crippen LogP contribution >= 0.6 is 0 Å². The van der Waals surface area contributed by atoms with E-state index in [2.05, 4.69) is 34.6 Å². The Morgan fingerprint density at radius 2 is 1.89 bits per heavy atom. The fourth-order valence-electron chi connectivity index (χ4n) is 2.26. The molecule has 0 aliphatic heterocycles. The number of benzene rings is 1. The normalized spacial score (nSPS) is 11.0. The number of nitrogens with zero attached hydrogens (tertiary/aromatic N) is 1. The molecule has 0 unspecified atom stereocenters. The molecule has 1 heterocycles. The molecular formula is C16H22N2O. The molecule has 3 heteroatoms. The van der Waals surface area contributed by atoms with Gasteiger partial charge in [0.2, 0.25) is 0 Å². The standard InChI is InChI=1S/C16H22N2O/c19-13-3-1-2-10-17-12-9-15-7-4-6-14-8-5-11-18-16(14)15/h4-8,11,17,19H,1-3,9-10,12-13H2. The van der Waals surface area contributed by atoms with Crippen molar-refractivity contribution in [2.24, 2.45) is 0 Å². The molecule has 0 aliphatic carbocycles. The molecule has 0 bridgehead atoms. The Bertz CT molecular complexity index is 494. The van der Waals surface area contributed by atoms with Crippen LogP contribution in [0.4, 0.5) is 0 Å². The number of hydrogen-bond acceptors (Lipinski definition) is 3. The van der Waals surface area contributed by atoms with Gasteiger partial charge in [0, 0.05) is 18.2 Å². The van der Waals surface area contributed by atoms with Crippen molar-refractivity contribution >= 4 is 10.9 Å². The minimum atomic E-state index is 0.307. The molecule has 0 radical (unpaired) electrons. The van der Waals surface area contributed by atoms with Crippen LogP contribution in [0.5, 0.6) is 0 Å². The van der Waals surface area contributed by atoms with Crippen LogP contribution in [0.1, 0.15) is 24.8 Å². The van der Waals surface area contributed by atoms with Crippen LogP contribution in [0.2, 0.25) is 0 Å². The smallest absolute Gasteiger partial charge is 0.0734 e. The summed E-state index contributed by atoms with van der Waals surface area (Å²) in [5, 5.41) is 13.3. The van der Waals surface area contributed by atoms with Crippen LogP contribution in [0.15, 0.2) is 36.5 Å². The summed E-state index contributed by atoms with van der Waals surface area (Å²) in [6.07, 6.45) is 6.01. The van der Waals surface area contributed by atoms with Crippen LogP contribution in [0.25, 0.3) is 10.9 Å². The second-order valence-electron chi connectivity index (χ2n) is 4.78. The molecule has 1 aromatic carbocycles. The number of unbranched alkanes of at least 4 members (excludes halogenated alkanes) is 2. The third-order valence-corrected chi connectivity index (χ3v) is 3.30. The number of fused-ring (bicyclic) bond motifs is 1. The van der Waals surface area contributed by atoms with Gasteiger partial charge in [0.15, 0.2) is 0 Å². The fourth-order valence-corrected chi connectivity index (χ4v) is 2.26. The molecule has 0 atom stereocenters. The third kappa shape index (κ3) is 4.30. The van der Waals surface area contributed by atoms with E-state index < -0.39 is 0 Å². The SMILES string of the molecule is OCCCCCNCCc1cccc2cccnc12. The van der Waals surface area contributed by atoms with Gasteiger partial charge in [-0.15, -0.1) is 0 Å². The molecule has 2 N–H and O–H groups in total. The number of para-hydroxylation sites is 1. The summed E-state index contributed by atoms with van der Waals surface area (Å²) in [6, 6.07) is 10.4. The summed E-state index contributed by atoms with van der Waals surface area (Å²) >= 11 is 0. The van der Waals surface area contributed by atoms with E-state index in [1.165, 1.54) is 10.9 Å². The predicted molar refractivity (Wildman–Crippen MR) is 79.3 cm³/mol. The van der Waals surface area contributed by atoms with Crippen molar-refractivity contribution in [3.63, 3.8) is 0 Å². The molecule has 0 spiro atoms. The Morgan fingerprint density at radius 3 is 2.79 bits per heavy atom. The molecule has 0 fully saturated rings. The predicted octanol–water partition coefficient (Wildman–Crippen LogP) is 2.53. The number of aliphatic hydroxyl groups is 1. The van der Waals surface area contributed by atoms with Gasteiger partial charge in [0.1, 0.15) is 0 Å². The number of aromatic nitrogens is 1. The van der Waals surface area contributed by atoms with Gasteiger partial charge >= 0.3 is 0 Å². The van der Waals surface area contributed by atoms with E-state index in [0.717, 1.165) is 44.3 Å². The van der Waals surface area contributed by atoms with Crippen molar-refractivity contribution in [1.29, 1.82) is 0 Å². The Kier molecular flexibility index (Phi) is 5.79. The van der Waals surface area contributed by atoms with Gasteiger partial charge in [-0.2, -0.15) is 0 Å². The van der Waals surface area contributed by atoms with Gasteiger partial charge in [0.25, 0.3) is 0 Å². The van der Waals surface area contributed by atoms with Crippen LogP contribution < -0.4 is 5.32 Å². The van der Waals surface area contributed by atoms with Gasteiger partial charge in [-0.25, -0.2) is 0 Å². The molecule has 0 saturated heterocycles. The highest BCUT2D eigenvalue weighted by Gasteiger charge is 2.00. The minimum absolute atomic E-state index is 0.307. The van der Waals surface area contributed by atoms with Gasteiger partial charge in [-0.1, -0.05) is 24.3 Å². The second kappa shape index (κ2) is 7.87. The lowest BCUT2D eigenvalue weighted by molar-refractivity contribution is 0.283. The molecule has 1 aromatic heterocycles. The molecule has 2 aromatic rings. The second-order valence-corrected chi connectivity index (χ2v) is 4.78. The average Bonchev–Trinajstić information content (AvgIpc) is 2.46. The number of hydrogen-bond donors (Lipinski definition) is 2. The first-order valence-electron chi connectivity index (χ1n) is 7.06. The minimum Gasteiger partial charge on any atom is -0.396 e. The topological polar surface area (TPSA) is 45.1 Å². The van der Waals surface area contributed by atoms with E-state index in [0.29, 0.717) is 6.61 Å². The number of nitrogens with one attached hydrogen (secondary N) is 1. The van der Waals surface area contributed by atoms with E-state index in [9.17, 15) is 0 Å². The van der Waals surface area contributed by atoms with Crippen LogP contribution in [-0.4, -0.2) is 29.8 Å². The first-order valence-corrected chi connectivity index (χ1v) is 7.06. The highest BCUT2D eigenvalue weighted by Crippen LogP contribution is 2.15. The largest absolute Gasteiger partial charge is 0.396 e. The Labute approximate surface area is 114 Å². The lowest BCUT2D eigenvalue weighted by Crippen LogP contribution is -2.18. The van der Waals surface area contributed by atoms with Gasteiger partial charge in [-0.05, 0) is 50.4 Å². The molecule has 2 rings (SSSR count). The quantitative estimate of drug-likeness (QED) is 0.715. The highest BCUT2D eigenvalue weighted by molar-refractivity contribution is 5.81. The zero-order valence-electron chi connectivity index (χ0n) is 11.3. The fraction of sp³-hybridized carbons (Fsp3) is 0.438. The lowest BCUT2D eigenvalue weighted by atomic mass is 10.1. The zero-order chi connectivity index (χ0) is 13.3. The van der Waals surface area contributed by atoms with Gasteiger partial charge in [-0.3, -0.25) is 4.98 Å². The van der Waals surface area contributed by atoms with Crippen molar-refractivity contribution in [2.75, 3.05) is 19.7 Å². The third-order valence-electron chi connectivity index (χ3n) is 3.30. The molecule has 19 heavy (non-hydrogen) atoms. The summed E-state index contributed by atoms with van der Waals surface area (Å²) in [6.45, 7) is 2.31. The van der Waals surface area contributed by atoms with Crippen molar-refractivity contribution < 1.29 is 5.11 Å². The number of rotatable bonds is 8. The van der Waals surface area contributed by atoms with E-state index >= 15 is 0 Å². The molecule has 0 saturated carbocycles. The van der Waals surface area contributed by atoms with Crippen LogP contribution in [0.3, 0.4) is 0 Å². The molecule has 0 aliphatic rings. The van der Waals surface area contributed by atoms with Crippen LogP contribution in [-0.2, 0) is 6.42 Å². The van der Waals surface area contributed by atoms with E-state index in [1.54, 1.807) is 0 Å². The Morgan fingerprint density at radius 1 is 1.00 bits per heavy atom. The average molecular weight is 258 g/mol. The summed E-state index contributed by atoms with van der Waals surface area (Å²) in [5.41, 5.74) is 2.42. The van der Waals surface area contributed by atoms with E-state index in [1.807, 2.05) is 12.3 Å². The Balaban J connectivity index is 1.78. The molecule has 0 amide bonds. The summed E-state index contributed by atoms with van der Waals surface area (Å²) in [5.74, 6) is 0. The molecule has 102 valence electrons. The Hall–Kier alpha value is -1.45. The highest BCUT2D eigenvalue weighted by atomic mass is 16.2. The first kappa shape index (κ1) is 14.0. The zero-order valence-corrected chi connectivity index (χ0v) is 11.3. The van der Waals surface area contributed by atoms with Crippen molar-refractivity contribution in [2.45, 2.75) is 25.7 Å². The monoisotopic (exact) mass is 258 g/mol. The summed E-state index contributed by atoms with van der Waals surface area (Å²) < 4.78 is 0. The summed E-state index contributed by atoms with van der Waals surface area (Å²) in [4.78, 5) is 4.47. The van der Waals surface area contributed by atoms with E-state index in [-0.39, 0.29) is 0 Å². The maximum atomic E-state index is 8.69. The number of pyridine rings is 1. The van der Waals surface area contributed by atoms with Crippen molar-refractivity contribution in [1.82, 2.24) is 10.3 Å². The van der Waals surface area contributed by atoms with Gasteiger partial charge < -0.3 is 10.4 Å². The number of aliphatic hydroxyl groups excluding tert-OH is 1.